The van der Waals surface area contributed by atoms with Crippen LogP contribution in [0.15, 0.2) is 71.5 Å². The summed E-state index contributed by atoms with van der Waals surface area (Å²) in [6.45, 7) is 3.73. The normalized spacial score (nSPS) is 10.8. The fraction of sp³-hybridized carbons (Fsp3) is 0.185. The van der Waals surface area contributed by atoms with Crippen molar-refractivity contribution in [2.45, 2.75) is 26.9 Å². The van der Waals surface area contributed by atoms with Gasteiger partial charge in [-0.1, -0.05) is 23.8 Å². The van der Waals surface area contributed by atoms with E-state index in [1.54, 1.807) is 32.2 Å². The molecular formula is C27H26FN3O3. The van der Waals surface area contributed by atoms with Crippen molar-refractivity contribution in [2.24, 2.45) is 0 Å². The first-order valence-corrected chi connectivity index (χ1v) is 10.9. The van der Waals surface area contributed by atoms with Gasteiger partial charge in [-0.05, 0) is 67.3 Å². The largest absolute Gasteiger partial charge is 0.497 e. The third-order valence-electron chi connectivity index (χ3n) is 5.67. The summed E-state index contributed by atoms with van der Waals surface area (Å²) < 4.78 is 20.6. The van der Waals surface area contributed by atoms with Crippen LogP contribution in [0.2, 0.25) is 0 Å². The van der Waals surface area contributed by atoms with Crippen LogP contribution in [0.3, 0.4) is 0 Å². The van der Waals surface area contributed by atoms with Crippen LogP contribution in [0.5, 0.6) is 5.75 Å². The van der Waals surface area contributed by atoms with E-state index in [9.17, 15) is 14.0 Å². The lowest BCUT2D eigenvalue weighted by Crippen LogP contribution is -2.30. The molecule has 174 valence electrons. The number of pyridine rings is 1. The second-order valence-electron chi connectivity index (χ2n) is 8.22. The van der Waals surface area contributed by atoms with Crippen LogP contribution in [0, 0.1) is 19.7 Å². The summed E-state index contributed by atoms with van der Waals surface area (Å²) >= 11 is 0. The van der Waals surface area contributed by atoms with E-state index in [1.807, 2.05) is 49.4 Å². The van der Waals surface area contributed by atoms with Gasteiger partial charge in [-0.25, -0.2) is 4.39 Å². The summed E-state index contributed by atoms with van der Waals surface area (Å²) in [4.78, 5) is 26.2. The fourth-order valence-corrected chi connectivity index (χ4v) is 3.71. The van der Waals surface area contributed by atoms with Crippen molar-refractivity contribution in [3.8, 4) is 5.75 Å². The van der Waals surface area contributed by atoms with E-state index in [2.05, 4.69) is 10.6 Å². The predicted octanol–water partition coefficient (Wildman–Crippen LogP) is 5.02. The minimum absolute atomic E-state index is 0.226. The summed E-state index contributed by atoms with van der Waals surface area (Å²) in [5.41, 5.74) is 3.67. The molecule has 0 aliphatic heterocycles. The number of aromatic nitrogens is 1. The zero-order valence-electron chi connectivity index (χ0n) is 19.3. The van der Waals surface area contributed by atoms with Crippen LogP contribution < -0.4 is 20.9 Å². The minimum Gasteiger partial charge on any atom is -0.497 e. The van der Waals surface area contributed by atoms with Gasteiger partial charge >= 0.3 is 0 Å². The number of fused-ring (bicyclic) bond motifs is 1. The highest BCUT2D eigenvalue weighted by Gasteiger charge is 2.14. The number of aryl methyl sites for hydroxylation is 2. The van der Waals surface area contributed by atoms with Crippen LogP contribution in [-0.2, 0) is 17.9 Å². The molecule has 0 saturated heterocycles. The van der Waals surface area contributed by atoms with Crippen molar-refractivity contribution in [3.05, 3.63) is 99.6 Å². The molecule has 0 unspecified atom stereocenters. The minimum atomic E-state index is -0.432. The summed E-state index contributed by atoms with van der Waals surface area (Å²) in [6.07, 6.45) is 0. The van der Waals surface area contributed by atoms with E-state index in [-0.39, 0.29) is 12.1 Å². The number of ether oxygens (including phenoxy) is 1. The molecule has 0 bridgehead atoms. The highest BCUT2D eigenvalue weighted by atomic mass is 19.1. The first-order chi connectivity index (χ1) is 16.3. The number of rotatable bonds is 7. The smallest absolute Gasteiger partial charge is 0.256 e. The maximum Gasteiger partial charge on any atom is 0.256 e. The molecule has 3 aromatic carbocycles. The Kier molecular flexibility index (Phi) is 6.63. The van der Waals surface area contributed by atoms with E-state index in [0.717, 1.165) is 16.6 Å². The molecule has 4 aromatic rings. The molecule has 2 N–H and O–H groups in total. The number of halogens is 1. The Bertz CT molecular complexity index is 1410. The fourth-order valence-electron chi connectivity index (χ4n) is 3.71. The molecule has 1 heterocycles. The maximum atomic E-state index is 13.9. The summed E-state index contributed by atoms with van der Waals surface area (Å²) in [5.74, 6) is -0.264. The number of hydrogen-bond acceptors (Lipinski definition) is 4. The number of nitrogens with one attached hydrogen (secondary N) is 2. The van der Waals surface area contributed by atoms with Gasteiger partial charge in [0.1, 0.15) is 18.1 Å². The average Bonchev–Trinajstić information content (AvgIpc) is 2.83. The number of benzene rings is 3. The number of hydrogen-bond donors (Lipinski definition) is 2. The second kappa shape index (κ2) is 9.79. The summed E-state index contributed by atoms with van der Waals surface area (Å²) in [7, 11) is 1.54. The lowest BCUT2D eigenvalue weighted by Gasteiger charge is -2.15. The van der Waals surface area contributed by atoms with Gasteiger partial charge in [0.05, 0.1) is 12.6 Å². The van der Waals surface area contributed by atoms with Crippen molar-refractivity contribution >= 4 is 28.2 Å². The monoisotopic (exact) mass is 459 g/mol. The Morgan fingerprint density at radius 1 is 0.971 bits per heavy atom. The molecule has 0 spiro atoms. The second-order valence-corrected chi connectivity index (χ2v) is 8.22. The number of amides is 1. The van der Waals surface area contributed by atoms with Gasteiger partial charge in [-0.3, -0.25) is 14.2 Å². The molecule has 0 saturated carbocycles. The number of carbonyl (C=O) groups is 1. The number of carbonyl (C=O) groups excluding carboxylic acids is 1. The van der Waals surface area contributed by atoms with E-state index in [4.69, 9.17) is 4.74 Å². The van der Waals surface area contributed by atoms with Crippen molar-refractivity contribution in [3.63, 3.8) is 0 Å². The molecule has 4 rings (SSSR count). The van der Waals surface area contributed by atoms with Gasteiger partial charge in [-0.15, -0.1) is 0 Å². The number of methoxy groups -OCH3 is 1. The van der Waals surface area contributed by atoms with Gasteiger partial charge in [0.2, 0.25) is 5.91 Å². The zero-order valence-corrected chi connectivity index (χ0v) is 19.3. The van der Waals surface area contributed by atoms with Gasteiger partial charge < -0.3 is 15.4 Å². The van der Waals surface area contributed by atoms with Crippen LogP contribution in [-0.4, -0.2) is 17.6 Å². The van der Waals surface area contributed by atoms with Crippen molar-refractivity contribution < 1.29 is 13.9 Å². The SMILES string of the molecule is COc1ccc2cc(CNc3ccc(C)cc3)c(=O)n(CC(=O)Nc3ccc(C)c(F)c3)c2c1. The summed E-state index contributed by atoms with van der Waals surface area (Å²) in [5, 5.41) is 6.75. The van der Waals surface area contributed by atoms with Crippen LogP contribution in [0.1, 0.15) is 16.7 Å². The van der Waals surface area contributed by atoms with Crippen molar-refractivity contribution in [1.82, 2.24) is 4.57 Å². The molecule has 0 atom stereocenters. The first-order valence-electron chi connectivity index (χ1n) is 10.9. The molecule has 34 heavy (non-hydrogen) atoms. The van der Waals surface area contributed by atoms with Crippen LogP contribution in [0.4, 0.5) is 15.8 Å². The highest BCUT2D eigenvalue weighted by molar-refractivity contribution is 5.92. The first kappa shape index (κ1) is 23.0. The standard InChI is InChI=1S/C27H26FN3O3/c1-17-4-8-21(9-5-17)29-15-20-12-19-7-11-23(34-3)14-25(19)31(27(20)33)16-26(32)30-22-10-6-18(2)24(28)13-22/h4-14,29H,15-16H2,1-3H3,(H,30,32). The molecule has 0 aliphatic rings. The third kappa shape index (κ3) is 5.09. The molecule has 6 nitrogen and oxygen atoms in total. The summed E-state index contributed by atoms with van der Waals surface area (Å²) in [6, 6.07) is 19.6. The Morgan fingerprint density at radius 3 is 2.41 bits per heavy atom. The van der Waals surface area contributed by atoms with Gasteiger partial charge in [0.15, 0.2) is 0 Å². The van der Waals surface area contributed by atoms with E-state index < -0.39 is 11.7 Å². The predicted molar refractivity (Wildman–Crippen MR) is 133 cm³/mol. The Balaban J connectivity index is 1.66. The molecule has 7 heteroatoms. The molecule has 0 aliphatic carbocycles. The third-order valence-corrected chi connectivity index (χ3v) is 5.67. The number of anilines is 2. The Labute approximate surface area is 197 Å². The molecular weight excluding hydrogens is 433 g/mol. The number of nitrogens with zero attached hydrogens (tertiary/aromatic N) is 1. The molecule has 1 amide bonds. The van der Waals surface area contributed by atoms with E-state index in [1.165, 1.54) is 10.6 Å². The van der Waals surface area contributed by atoms with E-state index >= 15 is 0 Å². The highest BCUT2D eigenvalue weighted by Crippen LogP contribution is 2.21. The van der Waals surface area contributed by atoms with Gasteiger partial charge in [-0.2, -0.15) is 0 Å². The van der Waals surface area contributed by atoms with Gasteiger partial charge in [0, 0.05) is 29.5 Å². The van der Waals surface area contributed by atoms with E-state index in [0.29, 0.717) is 34.6 Å². The van der Waals surface area contributed by atoms with Crippen LogP contribution in [0.25, 0.3) is 10.9 Å². The Hall–Kier alpha value is -4.13. The molecule has 0 fully saturated rings. The zero-order chi connectivity index (χ0) is 24.2. The molecule has 0 radical (unpaired) electrons. The molecule has 1 aromatic heterocycles. The average molecular weight is 460 g/mol. The van der Waals surface area contributed by atoms with Crippen molar-refractivity contribution in [1.29, 1.82) is 0 Å². The topological polar surface area (TPSA) is 72.4 Å². The lowest BCUT2D eigenvalue weighted by molar-refractivity contribution is -0.116. The lowest BCUT2D eigenvalue weighted by atomic mass is 10.1. The Morgan fingerprint density at radius 2 is 1.71 bits per heavy atom. The quantitative estimate of drug-likeness (QED) is 0.407. The van der Waals surface area contributed by atoms with Crippen LogP contribution >= 0.6 is 0 Å². The van der Waals surface area contributed by atoms with Gasteiger partial charge in [0.25, 0.3) is 5.56 Å². The maximum absolute atomic E-state index is 13.9. The van der Waals surface area contributed by atoms with Crippen molar-refractivity contribution in [2.75, 3.05) is 17.7 Å².